The van der Waals surface area contributed by atoms with Crippen molar-refractivity contribution in [2.75, 3.05) is 19.5 Å². The second kappa shape index (κ2) is 4.96. The van der Waals surface area contributed by atoms with E-state index in [0.29, 0.717) is 0 Å². The summed E-state index contributed by atoms with van der Waals surface area (Å²) < 4.78 is 5.00. The van der Waals surface area contributed by atoms with Gasteiger partial charge in [-0.05, 0) is 38.3 Å². The number of methoxy groups -OCH3 is 1. The Balaban J connectivity index is 2.75. The molecule has 1 aromatic heterocycles. The third kappa shape index (κ3) is 2.70. The van der Waals surface area contributed by atoms with E-state index in [1.165, 1.54) is 0 Å². The number of hydrogen-bond donors (Lipinski definition) is 1. The highest BCUT2D eigenvalue weighted by atomic mass is 16.5. The fraction of sp³-hybridized carbons (Fsp3) is 0.545. The Labute approximate surface area is 85.3 Å². The highest BCUT2D eigenvalue weighted by Gasteiger charge is 2.04. The zero-order chi connectivity index (χ0) is 10.6. The van der Waals surface area contributed by atoms with E-state index in [-0.39, 0.29) is 0 Å². The summed E-state index contributed by atoms with van der Waals surface area (Å²) in [6.07, 6.45) is 1.86. The number of aromatic nitrogens is 1. The molecule has 0 saturated carbocycles. The number of anilines is 1. The van der Waals surface area contributed by atoms with Crippen LogP contribution in [-0.2, 0) is 11.2 Å². The lowest BCUT2D eigenvalue weighted by molar-refractivity contribution is 0.195. The Kier molecular flexibility index (Phi) is 3.89. The van der Waals surface area contributed by atoms with Gasteiger partial charge in [0.15, 0.2) is 0 Å². The van der Waals surface area contributed by atoms with Crippen LogP contribution in [-0.4, -0.2) is 18.7 Å². The Morgan fingerprint density at radius 1 is 1.43 bits per heavy atom. The smallest absolute Gasteiger partial charge is 0.0639 e. The molecule has 0 aromatic carbocycles. The average Bonchev–Trinajstić information content (AvgIpc) is 2.13. The van der Waals surface area contributed by atoms with Crippen LogP contribution >= 0.6 is 0 Å². The van der Waals surface area contributed by atoms with Gasteiger partial charge >= 0.3 is 0 Å². The van der Waals surface area contributed by atoms with Crippen molar-refractivity contribution in [1.29, 1.82) is 0 Å². The SMILES string of the molecule is COCCCc1nc(C)cc(C)c1N. The van der Waals surface area contributed by atoms with Crippen molar-refractivity contribution in [1.82, 2.24) is 4.98 Å². The number of nitrogens with zero attached hydrogens (tertiary/aromatic N) is 1. The molecule has 3 nitrogen and oxygen atoms in total. The summed E-state index contributed by atoms with van der Waals surface area (Å²) in [4.78, 5) is 4.42. The van der Waals surface area contributed by atoms with Crippen molar-refractivity contribution < 1.29 is 4.74 Å². The van der Waals surface area contributed by atoms with E-state index in [1.54, 1.807) is 7.11 Å². The molecule has 1 aromatic rings. The third-order valence-electron chi connectivity index (χ3n) is 2.23. The number of hydrogen-bond acceptors (Lipinski definition) is 3. The number of pyridine rings is 1. The van der Waals surface area contributed by atoms with Crippen molar-refractivity contribution in [2.45, 2.75) is 26.7 Å². The lowest BCUT2D eigenvalue weighted by atomic mass is 10.1. The van der Waals surface area contributed by atoms with Gasteiger partial charge < -0.3 is 10.5 Å². The number of aryl methyl sites for hydroxylation is 3. The van der Waals surface area contributed by atoms with Gasteiger partial charge in [0.2, 0.25) is 0 Å². The Bertz CT molecular complexity index is 310. The molecule has 78 valence electrons. The van der Waals surface area contributed by atoms with Gasteiger partial charge in [0.05, 0.1) is 11.4 Å². The fourth-order valence-corrected chi connectivity index (χ4v) is 1.50. The van der Waals surface area contributed by atoms with Crippen LogP contribution in [0.2, 0.25) is 0 Å². The van der Waals surface area contributed by atoms with Gasteiger partial charge in [-0.15, -0.1) is 0 Å². The summed E-state index contributed by atoms with van der Waals surface area (Å²) in [6.45, 7) is 4.77. The van der Waals surface area contributed by atoms with Crippen molar-refractivity contribution in [2.24, 2.45) is 0 Å². The monoisotopic (exact) mass is 194 g/mol. The van der Waals surface area contributed by atoms with E-state index in [2.05, 4.69) is 4.98 Å². The van der Waals surface area contributed by atoms with Crippen LogP contribution in [0.15, 0.2) is 6.07 Å². The van der Waals surface area contributed by atoms with Gasteiger partial charge in [-0.3, -0.25) is 4.98 Å². The maximum Gasteiger partial charge on any atom is 0.0639 e. The predicted molar refractivity (Wildman–Crippen MR) is 58.3 cm³/mol. The summed E-state index contributed by atoms with van der Waals surface area (Å²) in [5.41, 5.74) is 9.90. The summed E-state index contributed by atoms with van der Waals surface area (Å²) in [5.74, 6) is 0. The standard InChI is InChI=1S/C11H18N2O/c1-8-7-9(2)13-10(11(8)12)5-4-6-14-3/h7H,4-6,12H2,1-3H3. The molecule has 1 heterocycles. The molecule has 0 atom stereocenters. The molecule has 0 aliphatic rings. The first-order valence-corrected chi connectivity index (χ1v) is 4.86. The zero-order valence-corrected chi connectivity index (χ0v) is 9.13. The van der Waals surface area contributed by atoms with Crippen LogP contribution in [0, 0.1) is 13.8 Å². The Morgan fingerprint density at radius 2 is 2.14 bits per heavy atom. The number of nitrogen functional groups attached to an aromatic ring is 1. The van der Waals surface area contributed by atoms with Crippen LogP contribution in [0.5, 0.6) is 0 Å². The molecule has 14 heavy (non-hydrogen) atoms. The molecular weight excluding hydrogens is 176 g/mol. The Morgan fingerprint density at radius 3 is 2.79 bits per heavy atom. The van der Waals surface area contributed by atoms with Crippen LogP contribution in [0.1, 0.15) is 23.4 Å². The van der Waals surface area contributed by atoms with Gasteiger partial charge in [0.25, 0.3) is 0 Å². The molecule has 0 unspecified atom stereocenters. The second-order valence-corrected chi connectivity index (χ2v) is 3.54. The molecule has 0 fully saturated rings. The topological polar surface area (TPSA) is 48.1 Å². The highest BCUT2D eigenvalue weighted by molar-refractivity contribution is 5.50. The van der Waals surface area contributed by atoms with E-state index in [9.17, 15) is 0 Å². The van der Waals surface area contributed by atoms with Crippen LogP contribution in [0.4, 0.5) is 5.69 Å². The Hall–Kier alpha value is -1.09. The fourth-order valence-electron chi connectivity index (χ4n) is 1.50. The largest absolute Gasteiger partial charge is 0.397 e. The quantitative estimate of drug-likeness (QED) is 0.744. The lowest BCUT2D eigenvalue weighted by Crippen LogP contribution is -2.03. The molecule has 0 aliphatic heterocycles. The average molecular weight is 194 g/mol. The predicted octanol–water partition coefficient (Wildman–Crippen LogP) is 1.86. The van der Waals surface area contributed by atoms with Crippen molar-refractivity contribution in [3.63, 3.8) is 0 Å². The molecule has 0 amide bonds. The molecule has 3 heteroatoms. The van der Waals surface area contributed by atoms with Gasteiger partial charge in [-0.1, -0.05) is 0 Å². The molecule has 0 aliphatic carbocycles. The van der Waals surface area contributed by atoms with Crippen molar-refractivity contribution in [3.05, 3.63) is 23.0 Å². The first-order chi connectivity index (χ1) is 6.65. The minimum absolute atomic E-state index is 0.758. The first-order valence-electron chi connectivity index (χ1n) is 4.86. The minimum Gasteiger partial charge on any atom is -0.397 e. The van der Waals surface area contributed by atoms with E-state index in [4.69, 9.17) is 10.5 Å². The maximum absolute atomic E-state index is 5.93. The van der Waals surface area contributed by atoms with Crippen LogP contribution < -0.4 is 5.73 Å². The second-order valence-electron chi connectivity index (χ2n) is 3.54. The van der Waals surface area contributed by atoms with E-state index >= 15 is 0 Å². The normalized spacial score (nSPS) is 10.5. The maximum atomic E-state index is 5.93. The number of ether oxygens (including phenoxy) is 1. The number of nitrogens with two attached hydrogens (primary N) is 1. The number of rotatable bonds is 4. The molecule has 0 saturated heterocycles. The van der Waals surface area contributed by atoms with Gasteiger partial charge in [0.1, 0.15) is 0 Å². The summed E-state index contributed by atoms with van der Waals surface area (Å²) in [6, 6.07) is 2.01. The molecule has 1 rings (SSSR count). The van der Waals surface area contributed by atoms with E-state index < -0.39 is 0 Å². The van der Waals surface area contributed by atoms with Gasteiger partial charge in [0, 0.05) is 19.4 Å². The van der Waals surface area contributed by atoms with Crippen molar-refractivity contribution in [3.8, 4) is 0 Å². The molecule has 0 spiro atoms. The summed E-state index contributed by atoms with van der Waals surface area (Å²) in [7, 11) is 1.71. The summed E-state index contributed by atoms with van der Waals surface area (Å²) >= 11 is 0. The van der Waals surface area contributed by atoms with E-state index in [1.807, 2.05) is 19.9 Å². The van der Waals surface area contributed by atoms with Crippen LogP contribution in [0.25, 0.3) is 0 Å². The minimum atomic E-state index is 0.758. The molecule has 0 radical (unpaired) electrons. The molecular formula is C11H18N2O. The molecule has 0 bridgehead atoms. The lowest BCUT2D eigenvalue weighted by Gasteiger charge is -2.08. The third-order valence-corrected chi connectivity index (χ3v) is 2.23. The van der Waals surface area contributed by atoms with Crippen molar-refractivity contribution >= 4 is 5.69 Å². The zero-order valence-electron chi connectivity index (χ0n) is 9.13. The highest BCUT2D eigenvalue weighted by Crippen LogP contribution is 2.17. The van der Waals surface area contributed by atoms with Crippen LogP contribution in [0.3, 0.4) is 0 Å². The summed E-state index contributed by atoms with van der Waals surface area (Å²) in [5, 5.41) is 0. The van der Waals surface area contributed by atoms with Gasteiger partial charge in [-0.2, -0.15) is 0 Å². The van der Waals surface area contributed by atoms with Gasteiger partial charge in [-0.25, -0.2) is 0 Å². The van der Waals surface area contributed by atoms with E-state index in [0.717, 1.165) is 42.1 Å². The first kappa shape index (κ1) is 11.0. The molecule has 2 N–H and O–H groups in total.